The molecule has 0 amide bonds. The van der Waals surface area contributed by atoms with Gasteiger partial charge in [0.15, 0.2) is 5.78 Å². The molecule has 0 saturated carbocycles. The summed E-state index contributed by atoms with van der Waals surface area (Å²) in [7, 11) is 1.85. The number of carbonyl (C=O) groups excluding carboxylic acids is 1. The molecule has 2 N–H and O–H groups in total. The number of carbonyl (C=O) groups is 1. The van der Waals surface area contributed by atoms with E-state index in [4.69, 9.17) is 0 Å². The van der Waals surface area contributed by atoms with Gasteiger partial charge in [-0.1, -0.05) is 48.5 Å². The Hall–Kier alpha value is -3.34. The minimum atomic E-state index is -0.504. The zero-order chi connectivity index (χ0) is 17.2. The number of ketones is 1. The second-order valence-electron chi connectivity index (χ2n) is 5.97. The monoisotopic (exact) mass is 330 g/mol. The van der Waals surface area contributed by atoms with Gasteiger partial charge < -0.3 is 10.3 Å². The van der Waals surface area contributed by atoms with Crippen molar-refractivity contribution in [2.24, 2.45) is 7.05 Å². The molecule has 2 heterocycles. The molecular weight excluding hydrogens is 312 g/mol. The molecule has 2 aromatic carbocycles. The molecule has 0 saturated heterocycles. The zero-order valence-electron chi connectivity index (χ0n) is 13.8. The molecule has 25 heavy (non-hydrogen) atoms. The first-order valence-electron chi connectivity index (χ1n) is 8.14. The summed E-state index contributed by atoms with van der Waals surface area (Å²) in [6, 6.07) is 18.9. The second-order valence-corrected chi connectivity index (χ2v) is 5.97. The van der Waals surface area contributed by atoms with E-state index in [0.717, 1.165) is 16.5 Å². The van der Waals surface area contributed by atoms with Gasteiger partial charge in [0.1, 0.15) is 11.9 Å². The van der Waals surface area contributed by atoms with Crippen LogP contribution in [-0.2, 0) is 7.05 Å². The number of Topliss-reactive ketones (excluding diaryl/α,β-unsaturated/α-hetero) is 1. The van der Waals surface area contributed by atoms with Gasteiger partial charge in [0.2, 0.25) is 0 Å². The summed E-state index contributed by atoms with van der Waals surface area (Å²) in [6.45, 7) is 0. The number of nitrogens with one attached hydrogen (secondary N) is 2. The highest BCUT2D eigenvalue weighted by molar-refractivity contribution is 6.11. The quantitative estimate of drug-likeness (QED) is 0.545. The van der Waals surface area contributed by atoms with Crippen molar-refractivity contribution >= 4 is 22.5 Å². The average Bonchev–Trinajstić information content (AvgIpc) is 3.26. The van der Waals surface area contributed by atoms with Gasteiger partial charge in [-0.25, -0.2) is 0 Å². The lowest BCUT2D eigenvalue weighted by Crippen LogP contribution is -2.21. The fourth-order valence-corrected chi connectivity index (χ4v) is 3.02. The number of H-pyrrole nitrogens is 1. The van der Waals surface area contributed by atoms with Crippen LogP contribution in [0.4, 0.5) is 5.82 Å². The number of para-hydroxylation sites is 1. The number of aromatic amines is 1. The molecule has 0 aliphatic carbocycles. The second kappa shape index (κ2) is 6.28. The largest absolute Gasteiger partial charge is 0.360 e. The molecular formula is C20H18N4O. The van der Waals surface area contributed by atoms with Crippen LogP contribution in [-0.4, -0.2) is 20.5 Å². The molecule has 1 atom stereocenters. The van der Waals surface area contributed by atoms with Crippen molar-refractivity contribution in [2.75, 3.05) is 5.32 Å². The molecule has 0 aliphatic rings. The van der Waals surface area contributed by atoms with Crippen LogP contribution < -0.4 is 5.32 Å². The van der Waals surface area contributed by atoms with E-state index in [9.17, 15) is 4.79 Å². The minimum Gasteiger partial charge on any atom is -0.360 e. The Morgan fingerprint density at radius 1 is 1.08 bits per heavy atom. The van der Waals surface area contributed by atoms with Crippen molar-refractivity contribution in [2.45, 2.75) is 6.04 Å². The summed E-state index contributed by atoms with van der Waals surface area (Å²) in [6.07, 6.45) is 3.63. The van der Waals surface area contributed by atoms with Gasteiger partial charge in [0, 0.05) is 42.0 Å². The van der Waals surface area contributed by atoms with Crippen LogP contribution in [0, 0.1) is 0 Å². The Morgan fingerprint density at radius 2 is 1.84 bits per heavy atom. The normalized spacial score (nSPS) is 12.2. The van der Waals surface area contributed by atoms with E-state index in [1.165, 1.54) is 0 Å². The topological polar surface area (TPSA) is 62.7 Å². The number of hydrogen-bond acceptors (Lipinski definition) is 3. The number of anilines is 1. The van der Waals surface area contributed by atoms with E-state index in [1.807, 2.05) is 73.9 Å². The van der Waals surface area contributed by atoms with Crippen molar-refractivity contribution in [3.05, 3.63) is 84.2 Å². The number of fused-ring (bicyclic) bond motifs is 1. The summed E-state index contributed by atoms with van der Waals surface area (Å²) in [4.78, 5) is 16.5. The lowest BCUT2D eigenvalue weighted by Gasteiger charge is -2.17. The van der Waals surface area contributed by atoms with Gasteiger partial charge in [0.25, 0.3) is 0 Å². The first kappa shape index (κ1) is 15.2. The smallest absolute Gasteiger partial charge is 0.191 e. The highest BCUT2D eigenvalue weighted by Gasteiger charge is 2.24. The van der Waals surface area contributed by atoms with E-state index in [1.54, 1.807) is 10.9 Å². The van der Waals surface area contributed by atoms with Crippen LogP contribution in [0.15, 0.2) is 73.1 Å². The van der Waals surface area contributed by atoms with E-state index in [2.05, 4.69) is 15.4 Å². The summed E-state index contributed by atoms with van der Waals surface area (Å²) >= 11 is 0. The van der Waals surface area contributed by atoms with Crippen molar-refractivity contribution in [3.8, 4) is 0 Å². The minimum absolute atomic E-state index is 0.00861. The van der Waals surface area contributed by atoms with Gasteiger partial charge in [-0.15, -0.1) is 0 Å². The molecule has 4 aromatic rings. The first-order valence-corrected chi connectivity index (χ1v) is 8.14. The number of rotatable bonds is 5. The highest BCUT2D eigenvalue weighted by atomic mass is 16.1. The SMILES string of the molecule is Cn1ccc(N[C@@H](C(=O)c2c[nH]c3ccccc23)c2ccccc2)n1. The van der Waals surface area contributed by atoms with Crippen molar-refractivity contribution < 1.29 is 4.79 Å². The molecule has 0 fully saturated rings. The molecule has 0 radical (unpaired) electrons. The number of hydrogen-bond donors (Lipinski definition) is 2. The van der Waals surface area contributed by atoms with Gasteiger partial charge in [-0.05, 0) is 11.6 Å². The maximum atomic E-state index is 13.3. The maximum Gasteiger partial charge on any atom is 0.191 e. The van der Waals surface area contributed by atoms with Crippen molar-refractivity contribution in [3.63, 3.8) is 0 Å². The van der Waals surface area contributed by atoms with E-state index >= 15 is 0 Å². The van der Waals surface area contributed by atoms with Crippen molar-refractivity contribution in [1.82, 2.24) is 14.8 Å². The fraction of sp³-hybridized carbons (Fsp3) is 0.100. The molecule has 0 aliphatic heterocycles. The molecule has 5 heteroatoms. The van der Waals surface area contributed by atoms with Crippen molar-refractivity contribution in [1.29, 1.82) is 0 Å². The lowest BCUT2D eigenvalue weighted by molar-refractivity contribution is 0.0971. The third-order valence-corrected chi connectivity index (χ3v) is 4.26. The highest BCUT2D eigenvalue weighted by Crippen LogP contribution is 2.27. The Kier molecular flexibility index (Phi) is 3.82. The Bertz CT molecular complexity index is 1020. The number of nitrogens with zero attached hydrogens (tertiary/aromatic N) is 2. The molecule has 0 bridgehead atoms. The van der Waals surface area contributed by atoms with Crippen LogP contribution in [0.1, 0.15) is 22.0 Å². The summed E-state index contributed by atoms with van der Waals surface area (Å²) in [5.41, 5.74) is 2.53. The standard InChI is InChI=1S/C20H18N4O/c1-24-12-11-18(23-24)22-19(14-7-3-2-4-8-14)20(25)16-13-21-17-10-6-5-9-15(16)17/h2-13,19,21H,1H3,(H,22,23)/t19-/m1/s1. The molecule has 2 aromatic heterocycles. The Labute approximate surface area is 145 Å². The van der Waals surface area contributed by atoms with E-state index in [-0.39, 0.29) is 5.78 Å². The third kappa shape index (κ3) is 2.92. The number of aryl methyl sites for hydroxylation is 1. The predicted molar refractivity (Wildman–Crippen MR) is 98.6 cm³/mol. The van der Waals surface area contributed by atoms with Gasteiger partial charge >= 0.3 is 0 Å². The Balaban J connectivity index is 1.75. The average molecular weight is 330 g/mol. The predicted octanol–water partition coefficient (Wildman–Crippen LogP) is 3.94. The zero-order valence-corrected chi connectivity index (χ0v) is 13.8. The van der Waals surface area contributed by atoms with Crippen LogP contribution in [0.25, 0.3) is 10.9 Å². The number of benzene rings is 2. The van der Waals surface area contributed by atoms with Gasteiger partial charge in [-0.2, -0.15) is 5.10 Å². The van der Waals surface area contributed by atoms with Crippen LogP contribution >= 0.6 is 0 Å². The van der Waals surface area contributed by atoms with Crippen LogP contribution in [0.3, 0.4) is 0 Å². The molecule has 0 unspecified atom stereocenters. The summed E-state index contributed by atoms with van der Waals surface area (Å²) < 4.78 is 1.71. The van der Waals surface area contributed by atoms with E-state index < -0.39 is 6.04 Å². The van der Waals surface area contributed by atoms with Gasteiger partial charge in [-0.3, -0.25) is 9.48 Å². The molecule has 5 nitrogen and oxygen atoms in total. The summed E-state index contributed by atoms with van der Waals surface area (Å²) in [5.74, 6) is 0.679. The molecule has 124 valence electrons. The lowest BCUT2D eigenvalue weighted by atomic mass is 9.97. The van der Waals surface area contributed by atoms with E-state index in [0.29, 0.717) is 11.4 Å². The maximum absolute atomic E-state index is 13.3. The Morgan fingerprint density at radius 3 is 2.60 bits per heavy atom. The molecule has 4 rings (SSSR count). The first-order chi connectivity index (χ1) is 12.2. The fourth-order valence-electron chi connectivity index (χ4n) is 3.02. The third-order valence-electron chi connectivity index (χ3n) is 4.26. The van der Waals surface area contributed by atoms with Crippen LogP contribution in [0.5, 0.6) is 0 Å². The van der Waals surface area contributed by atoms with Crippen LogP contribution in [0.2, 0.25) is 0 Å². The van der Waals surface area contributed by atoms with Gasteiger partial charge in [0.05, 0.1) is 0 Å². The summed E-state index contributed by atoms with van der Waals surface area (Å²) in [5, 5.41) is 8.55. The molecule has 0 spiro atoms. The number of aromatic nitrogens is 3.